The lowest BCUT2D eigenvalue weighted by Gasteiger charge is -2.19. The summed E-state index contributed by atoms with van der Waals surface area (Å²) < 4.78 is 0. The molecule has 0 spiro atoms. The number of unbranched alkanes of at least 4 members (excludes halogenated alkanes) is 1. The van der Waals surface area contributed by atoms with Gasteiger partial charge >= 0.3 is 0 Å². The Labute approximate surface area is 130 Å². The predicted molar refractivity (Wildman–Crippen MR) is 87.3 cm³/mol. The van der Waals surface area contributed by atoms with Crippen LogP contribution in [0.15, 0.2) is 29.2 Å². The summed E-state index contributed by atoms with van der Waals surface area (Å²) in [5.41, 5.74) is 5.70. The lowest BCUT2D eigenvalue weighted by molar-refractivity contribution is -0.121. The molecule has 0 aliphatic heterocycles. The number of hydrogen-bond acceptors (Lipinski definition) is 3. The van der Waals surface area contributed by atoms with Gasteiger partial charge in [-0.25, -0.2) is 0 Å². The maximum absolute atomic E-state index is 12.1. The fraction of sp³-hybridized carbons (Fsp3) is 0.533. The number of thioether (sulfide) groups is 1. The van der Waals surface area contributed by atoms with E-state index in [0.29, 0.717) is 11.6 Å². The first-order chi connectivity index (χ1) is 9.56. The normalized spacial score (nSPS) is 13.8. The van der Waals surface area contributed by atoms with Gasteiger partial charge in [0.15, 0.2) is 0 Å². The Morgan fingerprint density at radius 3 is 2.60 bits per heavy atom. The van der Waals surface area contributed by atoms with E-state index in [1.807, 2.05) is 31.2 Å². The third kappa shape index (κ3) is 6.16. The molecule has 112 valence electrons. The van der Waals surface area contributed by atoms with Crippen molar-refractivity contribution in [2.24, 2.45) is 5.73 Å². The van der Waals surface area contributed by atoms with Gasteiger partial charge in [0.25, 0.3) is 0 Å². The largest absolute Gasteiger partial charge is 0.351 e. The number of nitrogens with two attached hydrogens (primary N) is 1. The standard InChI is InChI=1S/C15H23ClN2OS/c1-3-4-5-13(10-17)18-15(19)11(2)20-14-8-6-12(16)7-9-14/h6-9,11,13H,3-5,10,17H2,1-2H3,(H,18,19). The molecule has 0 saturated carbocycles. The number of halogens is 1. The molecule has 0 aromatic heterocycles. The first-order valence-corrected chi connectivity index (χ1v) is 8.25. The molecule has 0 radical (unpaired) electrons. The Kier molecular flexibility index (Phi) is 8.04. The van der Waals surface area contributed by atoms with Crippen LogP contribution in [0.5, 0.6) is 0 Å². The quantitative estimate of drug-likeness (QED) is 0.723. The van der Waals surface area contributed by atoms with Crippen LogP contribution >= 0.6 is 23.4 Å². The van der Waals surface area contributed by atoms with Gasteiger partial charge in [0.1, 0.15) is 0 Å². The van der Waals surface area contributed by atoms with Crippen molar-refractivity contribution in [1.29, 1.82) is 0 Å². The molecular formula is C15H23ClN2OS. The number of carbonyl (C=O) groups excluding carboxylic acids is 1. The zero-order valence-electron chi connectivity index (χ0n) is 12.1. The molecule has 0 saturated heterocycles. The number of carbonyl (C=O) groups is 1. The molecule has 1 rings (SSSR count). The molecule has 0 heterocycles. The molecule has 0 aliphatic rings. The van der Waals surface area contributed by atoms with Crippen LogP contribution in [-0.4, -0.2) is 23.7 Å². The van der Waals surface area contributed by atoms with E-state index < -0.39 is 0 Å². The highest BCUT2D eigenvalue weighted by Gasteiger charge is 2.17. The third-order valence-corrected chi connectivity index (χ3v) is 4.40. The molecule has 1 aromatic carbocycles. The molecule has 2 unspecified atom stereocenters. The molecule has 1 aromatic rings. The van der Waals surface area contributed by atoms with E-state index in [1.165, 1.54) is 11.8 Å². The van der Waals surface area contributed by atoms with Gasteiger partial charge in [-0.15, -0.1) is 11.8 Å². The van der Waals surface area contributed by atoms with E-state index in [2.05, 4.69) is 12.2 Å². The van der Waals surface area contributed by atoms with Crippen LogP contribution in [0.3, 0.4) is 0 Å². The first kappa shape index (κ1) is 17.3. The van der Waals surface area contributed by atoms with Crippen molar-refractivity contribution in [3.63, 3.8) is 0 Å². The second-order valence-corrected chi connectivity index (χ2v) is 6.65. The summed E-state index contributed by atoms with van der Waals surface area (Å²) in [7, 11) is 0. The fourth-order valence-electron chi connectivity index (χ4n) is 1.79. The van der Waals surface area contributed by atoms with E-state index in [0.717, 1.165) is 24.2 Å². The monoisotopic (exact) mass is 314 g/mol. The highest BCUT2D eigenvalue weighted by Crippen LogP contribution is 2.24. The second-order valence-electron chi connectivity index (χ2n) is 4.80. The van der Waals surface area contributed by atoms with Crippen molar-refractivity contribution in [3.8, 4) is 0 Å². The van der Waals surface area contributed by atoms with Gasteiger partial charge in [0.2, 0.25) is 5.91 Å². The van der Waals surface area contributed by atoms with Gasteiger partial charge in [0, 0.05) is 22.5 Å². The second kappa shape index (κ2) is 9.27. The van der Waals surface area contributed by atoms with Gasteiger partial charge in [-0.1, -0.05) is 31.4 Å². The van der Waals surface area contributed by atoms with E-state index in [-0.39, 0.29) is 17.2 Å². The lowest BCUT2D eigenvalue weighted by Crippen LogP contribution is -2.43. The highest BCUT2D eigenvalue weighted by molar-refractivity contribution is 8.00. The minimum Gasteiger partial charge on any atom is -0.351 e. The summed E-state index contributed by atoms with van der Waals surface area (Å²) in [5, 5.41) is 3.58. The number of benzene rings is 1. The van der Waals surface area contributed by atoms with Crippen molar-refractivity contribution in [1.82, 2.24) is 5.32 Å². The molecule has 5 heteroatoms. The van der Waals surface area contributed by atoms with Gasteiger partial charge in [-0.05, 0) is 37.6 Å². The van der Waals surface area contributed by atoms with Crippen molar-refractivity contribution >= 4 is 29.3 Å². The Morgan fingerprint density at radius 1 is 1.40 bits per heavy atom. The Bertz CT molecular complexity index is 411. The first-order valence-electron chi connectivity index (χ1n) is 6.99. The summed E-state index contributed by atoms with van der Waals surface area (Å²) in [6.45, 7) is 4.53. The number of rotatable bonds is 8. The Morgan fingerprint density at radius 2 is 2.05 bits per heavy atom. The molecule has 2 atom stereocenters. The van der Waals surface area contributed by atoms with Crippen LogP contribution in [0, 0.1) is 0 Å². The zero-order valence-corrected chi connectivity index (χ0v) is 13.6. The summed E-state index contributed by atoms with van der Waals surface area (Å²) in [4.78, 5) is 13.2. The summed E-state index contributed by atoms with van der Waals surface area (Å²) in [5.74, 6) is 0.0384. The van der Waals surface area contributed by atoms with Crippen molar-refractivity contribution in [2.75, 3.05) is 6.54 Å². The van der Waals surface area contributed by atoms with Crippen LogP contribution in [0.25, 0.3) is 0 Å². The van der Waals surface area contributed by atoms with Gasteiger partial charge < -0.3 is 11.1 Å². The van der Waals surface area contributed by atoms with E-state index in [9.17, 15) is 4.79 Å². The summed E-state index contributed by atoms with van der Waals surface area (Å²) in [6, 6.07) is 7.59. The maximum Gasteiger partial charge on any atom is 0.233 e. The van der Waals surface area contributed by atoms with E-state index >= 15 is 0 Å². The minimum atomic E-state index is -0.146. The average molecular weight is 315 g/mol. The number of amides is 1. The van der Waals surface area contributed by atoms with Crippen LogP contribution in [-0.2, 0) is 4.79 Å². The number of hydrogen-bond donors (Lipinski definition) is 2. The molecule has 20 heavy (non-hydrogen) atoms. The highest BCUT2D eigenvalue weighted by atomic mass is 35.5. The van der Waals surface area contributed by atoms with Gasteiger partial charge in [-0.2, -0.15) is 0 Å². The number of nitrogens with one attached hydrogen (secondary N) is 1. The van der Waals surface area contributed by atoms with Crippen LogP contribution in [0.2, 0.25) is 5.02 Å². The molecule has 0 aliphatic carbocycles. The molecule has 0 bridgehead atoms. The minimum absolute atomic E-state index is 0.0384. The summed E-state index contributed by atoms with van der Waals surface area (Å²) in [6.07, 6.45) is 3.14. The molecule has 0 fully saturated rings. The van der Waals surface area contributed by atoms with Crippen molar-refractivity contribution in [3.05, 3.63) is 29.3 Å². The van der Waals surface area contributed by atoms with Crippen LogP contribution in [0.1, 0.15) is 33.1 Å². The van der Waals surface area contributed by atoms with Crippen molar-refractivity contribution < 1.29 is 4.79 Å². The lowest BCUT2D eigenvalue weighted by atomic mass is 10.1. The van der Waals surface area contributed by atoms with Crippen LogP contribution < -0.4 is 11.1 Å². The fourth-order valence-corrected chi connectivity index (χ4v) is 2.79. The summed E-state index contributed by atoms with van der Waals surface area (Å²) >= 11 is 7.37. The predicted octanol–water partition coefficient (Wildman–Crippen LogP) is 3.45. The molecular weight excluding hydrogens is 292 g/mol. The van der Waals surface area contributed by atoms with E-state index in [1.54, 1.807) is 0 Å². The average Bonchev–Trinajstić information content (AvgIpc) is 2.45. The van der Waals surface area contributed by atoms with E-state index in [4.69, 9.17) is 17.3 Å². The Hall–Kier alpha value is -0.710. The zero-order chi connectivity index (χ0) is 15.0. The van der Waals surface area contributed by atoms with Gasteiger partial charge in [-0.3, -0.25) is 4.79 Å². The SMILES string of the molecule is CCCCC(CN)NC(=O)C(C)Sc1ccc(Cl)cc1. The van der Waals surface area contributed by atoms with Crippen LogP contribution in [0.4, 0.5) is 0 Å². The molecule has 3 nitrogen and oxygen atoms in total. The van der Waals surface area contributed by atoms with Gasteiger partial charge in [0.05, 0.1) is 5.25 Å². The Balaban J connectivity index is 2.47. The third-order valence-electron chi connectivity index (χ3n) is 3.03. The smallest absolute Gasteiger partial charge is 0.233 e. The molecule has 3 N–H and O–H groups in total. The topological polar surface area (TPSA) is 55.1 Å². The maximum atomic E-state index is 12.1. The van der Waals surface area contributed by atoms with Crippen molar-refractivity contribution in [2.45, 2.75) is 49.3 Å². The molecule has 1 amide bonds.